The molecule has 126 valence electrons. The minimum Gasteiger partial charge on any atom is -0.491 e. The summed E-state index contributed by atoms with van der Waals surface area (Å²) >= 11 is 0. The molecule has 2 rings (SSSR count). The normalized spacial score (nSPS) is 15.9. The quantitative estimate of drug-likeness (QED) is 0.665. The van der Waals surface area contributed by atoms with Gasteiger partial charge in [0.05, 0.1) is 12.3 Å². The SMILES string of the molecule is CC(C)COc1ccc(/C=C\C(=O)N2CCCCCC2)cc1N. The summed E-state index contributed by atoms with van der Waals surface area (Å²) in [6, 6.07) is 5.65. The van der Waals surface area contributed by atoms with E-state index in [0.717, 1.165) is 31.5 Å². The van der Waals surface area contributed by atoms with E-state index in [4.69, 9.17) is 10.5 Å². The van der Waals surface area contributed by atoms with Crippen LogP contribution in [-0.4, -0.2) is 30.5 Å². The lowest BCUT2D eigenvalue weighted by Crippen LogP contribution is -2.30. The smallest absolute Gasteiger partial charge is 0.246 e. The molecule has 0 atom stereocenters. The number of nitrogen functional groups attached to an aromatic ring is 1. The van der Waals surface area contributed by atoms with Gasteiger partial charge in [0.1, 0.15) is 5.75 Å². The van der Waals surface area contributed by atoms with E-state index in [1.54, 1.807) is 6.08 Å². The highest BCUT2D eigenvalue weighted by Crippen LogP contribution is 2.23. The van der Waals surface area contributed by atoms with Crippen LogP contribution in [0.2, 0.25) is 0 Å². The summed E-state index contributed by atoms with van der Waals surface area (Å²) in [7, 11) is 0. The minimum absolute atomic E-state index is 0.0885. The van der Waals surface area contributed by atoms with Crippen molar-refractivity contribution in [1.82, 2.24) is 4.90 Å². The van der Waals surface area contributed by atoms with E-state index in [2.05, 4.69) is 13.8 Å². The van der Waals surface area contributed by atoms with Crippen LogP contribution < -0.4 is 10.5 Å². The Morgan fingerprint density at radius 1 is 1.26 bits per heavy atom. The lowest BCUT2D eigenvalue weighted by atomic mass is 10.1. The molecule has 0 aliphatic carbocycles. The molecular formula is C19H28N2O2. The number of benzene rings is 1. The number of hydrogen-bond acceptors (Lipinski definition) is 3. The Balaban J connectivity index is 1.96. The van der Waals surface area contributed by atoms with Crippen LogP contribution in [0.15, 0.2) is 24.3 Å². The van der Waals surface area contributed by atoms with Crippen molar-refractivity contribution < 1.29 is 9.53 Å². The Hall–Kier alpha value is -1.97. The second-order valence-electron chi connectivity index (χ2n) is 6.57. The Kier molecular flexibility index (Phi) is 6.51. The van der Waals surface area contributed by atoms with Gasteiger partial charge in [0.15, 0.2) is 0 Å². The Morgan fingerprint density at radius 3 is 2.57 bits per heavy atom. The number of likely N-dealkylation sites (tertiary alicyclic amines) is 1. The van der Waals surface area contributed by atoms with Crippen LogP contribution in [0.1, 0.15) is 45.1 Å². The Morgan fingerprint density at radius 2 is 1.96 bits per heavy atom. The van der Waals surface area contributed by atoms with Gasteiger partial charge < -0.3 is 15.4 Å². The fraction of sp³-hybridized carbons (Fsp3) is 0.526. The van der Waals surface area contributed by atoms with E-state index >= 15 is 0 Å². The summed E-state index contributed by atoms with van der Waals surface area (Å²) in [5.74, 6) is 1.25. The van der Waals surface area contributed by atoms with E-state index in [9.17, 15) is 4.79 Å². The molecule has 0 radical (unpaired) electrons. The van der Waals surface area contributed by atoms with E-state index in [1.165, 1.54) is 12.8 Å². The predicted octanol–water partition coefficient (Wildman–Crippen LogP) is 3.72. The highest BCUT2D eigenvalue weighted by molar-refractivity contribution is 5.92. The largest absolute Gasteiger partial charge is 0.491 e. The van der Waals surface area contributed by atoms with Crippen LogP contribution in [0.5, 0.6) is 5.75 Å². The zero-order valence-corrected chi connectivity index (χ0v) is 14.3. The van der Waals surface area contributed by atoms with Crippen LogP contribution in [0.4, 0.5) is 5.69 Å². The van der Waals surface area contributed by atoms with Gasteiger partial charge >= 0.3 is 0 Å². The maximum atomic E-state index is 12.2. The maximum absolute atomic E-state index is 12.2. The molecule has 4 heteroatoms. The summed E-state index contributed by atoms with van der Waals surface area (Å²) in [6.07, 6.45) is 8.14. The fourth-order valence-corrected chi connectivity index (χ4v) is 2.62. The molecule has 1 aliphatic rings. The molecule has 4 nitrogen and oxygen atoms in total. The number of rotatable bonds is 5. The first kappa shape index (κ1) is 17.4. The second-order valence-corrected chi connectivity index (χ2v) is 6.57. The maximum Gasteiger partial charge on any atom is 0.246 e. The third-order valence-electron chi connectivity index (χ3n) is 3.94. The van der Waals surface area contributed by atoms with Gasteiger partial charge in [0.2, 0.25) is 5.91 Å². The molecule has 0 bridgehead atoms. The molecule has 1 saturated heterocycles. The Labute approximate surface area is 139 Å². The molecular weight excluding hydrogens is 288 g/mol. The molecule has 0 unspecified atom stereocenters. The zero-order chi connectivity index (χ0) is 16.7. The van der Waals surface area contributed by atoms with E-state index in [0.29, 0.717) is 24.0 Å². The summed E-state index contributed by atoms with van der Waals surface area (Å²) in [5.41, 5.74) is 7.55. The van der Waals surface area contributed by atoms with Crippen LogP contribution in [-0.2, 0) is 4.79 Å². The van der Waals surface area contributed by atoms with Gasteiger partial charge in [-0.1, -0.05) is 32.8 Å². The first-order chi connectivity index (χ1) is 11.1. The number of ether oxygens (including phenoxy) is 1. The van der Waals surface area contributed by atoms with Crippen molar-refractivity contribution >= 4 is 17.7 Å². The molecule has 0 aromatic heterocycles. The lowest BCUT2D eigenvalue weighted by Gasteiger charge is -2.18. The van der Waals surface area contributed by atoms with Gasteiger partial charge in [-0.25, -0.2) is 0 Å². The average molecular weight is 316 g/mol. The highest BCUT2D eigenvalue weighted by Gasteiger charge is 2.12. The first-order valence-corrected chi connectivity index (χ1v) is 8.55. The summed E-state index contributed by atoms with van der Waals surface area (Å²) in [6.45, 7) is 6.58. The van der Waals surface area contributed by atoms with Crippen molar-refractivity contribution in [2.45, 2.75) is 39.5 Å². The predicted molar refractivity (Wildman–Crippen MR) is 95.3 cm³/mol. The molecule has 1 aromatic carbocycles. The molecule has 1 aliphatic heterocycles. The molecule has 1 aromatic rings. The highest BCUT2D eigenvalue weighted by atomic mass is 16.5. The number of anilines is 1. The summed E-state index contributed by atoms with van der Waals surface area (Å²) in [5, 5.41) is 0. The zero-order valence-electron chi connectivity index (χ0n) is 14.3. The first-order valence-electron chi connectivity index (χ1n) is 8.55. The van der Waals surface area contributed by atoms with Crippen LogP contribution in [0, 0.1) is 5.92 Å². The van der Waals surface area contributed by atoms with Crippen molar-refractivity contribution in [1.29, 1.82) is 0 Å². The minimum atomic E-state index is 0.0885. The van der Waals surface area contributed by atoms with Crippen molar-refractivity contribution in [2.75, 3.05) is 25.4 Å². The van der Waals surface area contributed by atoms with Gasteiger partial charge in [0.25, 0.3) is 0 Å². The van der Waals surface area contributed by atoms with Crippen molar-refractivity contribution in [3.05, 3.63) is 29.8 Å². The monoisotopic (exact) mass is 316 g/mol. The van der Waals surface area contributed by atoms with Crippen LogP contribution >= 0.6 is 0 Å². The van der Waals surface area contributed by atoms with E-state index in [1.807, 2.05) is 29.2 Å². The van der Waals surface area contributed by atoms with Gasteiger partial charge in [-0.2, -0.15) is 0 Å². The number of hydrogen-bond donors (Lipinski definition) is 1. The van der Waals surface area contributed by atoms with Crippen LogP contribution in [0.3, 0.4) is 0 Å². The van der Waals surface area contributed by atoms with Crippen molar-refractivity contribution in [3.63, 3.8) is 0 Å². The number of carbonyl (C=O) groups excluding carboxylic acids is 1. The Bertz CT molecular complexity index is 544. The van der Waals surface area contributed by atoms with Gasteiger partial charge in [-0.3, -0.25) is 4.79 Å². The number of nitrogens with zero attached hydrogens (tertiary/aromatic N) is 1. The third-order valence-corrected chi connectivity index (χ3v) is 3.94. The standard InChI is InChI=1S/C19H28N2O2/c1-15(2)14-23-18-9-7-16(13-17(18)20)8-10-19(22)21-11-5-3-4-6-12-21/h7-10,13,15H,3-6,11-12,14,20H2,1-2H3/b10-8-. The van der Waals surface area contributed by atoms with Crippen molar-refractivity contribution in [3.8, 4) is 5.75 Å². The van der Waals surface area contributed by atoms with Gasteiger partial charge in [0, 0.05) is 19.2 Å². The third kappa shape index (κ3) is 5.62. The molecule has 0 saturated carbocycles. The lowest BCUT2D eigenvalue weighted by molar-refractivity contribution is -0.125. The summed E-state index contributed by atoms with van der Waals surface area (Å²) in [4.78, 5) is 14.2. The van der Waals surface area contributed by atoms with Crippen LogP contribution in [0.25, 0.3) is 6.08 Å². The molecule has 0 spiro atoms. The van der Waals surface area contributed by atoms with E-state index in [-0.39, 0.29) is 5.91 Å². The number of nitrogens with two attached hydrogens (primary N) is 1. The topological polar surface area (TPSA) is 55.6 Å². The average Bonchev–Trinajstić information content (AvgIpc) is 2.80. The molecule has 1 fully saturated rings. The summed E-state index contributed by atoms with van der Waals surface area (Å²) < 4.78 is 5.66. The fourth-order valence-electron chi connectivity index (χ4n) is 2.62. The molecule has 1 heterocycles. The second kappa shape index (κ2) is 8.61. The molecule has 2 N–H and O–H groups in total. The van der Waals surface area contributed by atoms with E-state index < -0.39 is 0 Å². The number of carbonyl (C=O) groups is 1. The van der Waals surface area contributed by atoms with Gasteiger partial charge in [-0.05, 0) is 42.5 Å². The molecule has 23 heavy (non-hydrogen) atoms. The van der Waals surface area contributed by atoms with Gasteiger partial charge in [-0.15, -0.1) is 0 Å². The number of amides is 1. The molecule has 1 amide bonds. The van der Waals surface area contributed by atoms with Crippen molar-refractivity contribution in [2.24, 2.45) is 5.92 Å².